The van der Waals surface area contributed by atoms with Gasteiger partial charge in [0.2, 0.25) is 0 Å². The summed E-state index contributed by atoms with van der Waals surface area (Å²) in [7, 11) is 0. The number of aliphatic hydroxyl groups is 1. The van der Waals surface area contributed by atoms with Crippen molar-refractivity contribution in [1.29, 1.82) is 0 Å². The van der Waals surface area contributed by atoms with Crippen LogP contribution >= 0.6 is 31.9 Å². The summed E-state index contributed by atoms with van der Waals surface area (Å²) >= 11 is 6.89. The van der Waals surface area contributed by atoms with Gasteiger partial charge in [-0.15, -0.1) is 0 Å². The van der Waals surface area contributed by atoms with Crippen LogP contribution in [0.25, 0.3) is 0 Å². The van der Waals surface area contributed by atoms with E-state index < -0.39 is 6.10 Å². The summed E-state index contributed by atoms with van der Waals surface area (Å²) in [6.45, 7) is 0.696. The molecule has 3 rings (SSSR count). The van der Waals surface area contributed by atoms with Gasteiger partial charge in [-0.3, -0.25) is 0 Å². The molecule has 19 heavy (non-hydrogen) atoms. The van der Waals surface area contributed by atoms with Crippen molar-refractivity contribution < 1.29 is 9.84 Å². The van der Waals surface area contributed by atoms with Gasteiger partial charge in [-0.2, -0.15) is 0 Å². The molecule has 2 aromatic rings. The van der Waals surface area contributed by atoms with E-state index in [1.807, 2.05) is 30.3 Å². The molecule has 1 N–H and O–H groups in total. The van der Waals surface area contributed by atoms with E-state index in [2.05, 4.69) is 37.9 Å². The maximum atomic E-state index is 10.6. The predicted molar refractivity (Wildman–Crippen MR) is 81.5 cm³/mol. The highest BCUT2D eigenvalue weighted by atomic mass is 79.9. The zero-order valence-electron chi connectivity index (χ0n) is 10.1. The lowest BCUT2D eigenvalue weighted by Gasteiger charge is -2.15. The summed E-state index contributed by atoms with van der Waals surface area (Å²) in [5, 5.41) is 10.6. The first kappa shape index (κ1) is 13.2. The molecule has 0 saturated carbocycles. The molecule has 0 fully saturated rings. The van der Waals surface area contributed by atoms with Crippen LogP contribution in [0.4, 0.5) is 0 Å². The van der Waals surface area contributed by atoms with Gasteiger partial charge >= 0.3 is 0 Å². The quantitative estimate of drug-likeness (QED) is 0.840. The van der Waals surface area contributed by atoms with Crippen molar-refractivity contribution in [1.82, 2.24) is 0 Å². The van der Waals surface area contributed by atoms with Crippen LogP contribution in [-0.2, 0) is 6.42 Å². The molecule has 1 aliphatic rings. The third-order valence-corrected chi connectivity index (χ3v) is 4.16. The molecule has 0 amide bonds. The number of aliphatic hydroxyl groups excluding tert-OH is 1. The minimum atomic E-state index is -0.679. The molecule has 98 valence electrons. The molecule has 2 aromatic carbocycles. The molecule has 1 atom stereocenters. The first-order chi connectivity index (χ1) is 9.15. The van der Waals surface area contributed by atoms with E-state index in [9.17, 15) is 5.11 Å². The maximum absolute atomic E-state index is 10.6. The van der Waals surface area contributed by atoms with Crippen LogP contribution in [0.3, 0.4) is 0 Å². The second-order valence-corrected chi connectivity index (χ2v) is 6.37. The number of ether oxygens (including phenoxy) is 1. The Labute approximate surface area is 128 Å². The van der Waals surface area contributed by atoms with Gasteiger partial charge in [0.25, 0.3) is 0 Å². The number of benzene rings is 2. The fourth-order valence-corrected chi connectivity index (χ4v) is 3.70. The van der Waals surface area contributed by atoms with Gasteiger partial charge in [0.05, 0.1) is 6.61 Å². The average Bonchev–Trinajstić information content (AvgIpc) is 2.84. The molecule has 0 spiro atoms. The van der Waals surface area contributed by atoms with E-state index >= 15 is 0 Å². The minimum absolute atomic E-state index is 0.679. The number of hydrogen-bond acceptors (Lipinski definition) is 2. The van der Waals surface area contributed by atoms with Gasteiger partial charge in [-0.25, -0.2) is 0 Å². The summed E-state index contributed by atoms with van der Waals surface area (Å²) in [6, 6.07) is 11.7. The zero-order valence-corrected chi connectivity index (χ0v) is 13.2. The highest BCUT2D eigenvalue weighted by Crippen LogP contribution is 2.37. The number of rotatable bonds is 2. The fraction of sp³-hybridized carbons (Fsp3) is 0.200. The molecule has 1 aliphatic heterocycles. The van der Waals surface area contributed by atoms with Crippen molar-refractivity contribution >= 4 is 31.9 Å². The van der Waals surface area contributed by atoms with Crippen LogP contribution in [0.1, 0.15) is 22.8 Å². The van der Waals surface area contributed by atoms with Gasteiger partial charge in [0, 0.05) is 20.9 Å². The van der Waals surface area contributed by atoms with Crippen LogP contribution in [0.5, 0.6) is 5.75 Å². The first-order valence-electron chi connectivity index (χ1n) is 6.04. The minimum Gasteiger partial charge on any atom is -0.493 e. The lowest BCUT2D eigenvalue weighted by atomic mass is 9.98. The van der Waals surface area contributed by atoms with Crippen LogP contribution in [-0.4, -0.2) is 11.7 Å². The Balaban J connectivity index is 2.04. The molecule has 0 radical (unpaired) electrons. The van der Waals surface area contributed by atoms with Crippen molar-refractivity contribution in [2.24, 2.45) is 0 Å². The van der Waals surface area contributed by atoms with Crippen molar-refractivity contribution in [2.45, 2.75) is 12.5 Å². The SMILES string of the molecule is OC(c1cc(Br)cc(Br)c1)c1cccc2c1OCC2. The van der Waals surface area contributed by atoms with Crippen molar-refractivity contribution in [3.05, 3.63) is 62.0 Å². The highest BCUT2D eigenvalue weighted by Gasteiger charge is 2.22. The van der Waals surface area contributed by atoms with Gasteiger partial charge < -0.3 is 9.84 Å². The van der Waals surface area contributed by atoms with E-state index in [1.165, 1.54) is 5.56 Å². The standard InChI is InChI=1S/C15H12Br2O2/c16-11-6-10(7-12(17)8-11)14(18)13-3-1-2-9-4-5-19-15(9)13/h1-3,6-8,14,18H,4-5H2. The van der Waals surface area contributed by atoms with Gasteiger partial charge in [0.15, 0.2) is 0 Å². The van der Waals surface area contributed by atoms with Gasteiger partial charge in [-0.1, -0.05) is 50.1 Å². The summed E-state index contributed by atoms with van der Waals surface area (Å²) in [4.78, 5) is 0. The molecule has 0 aromatic heterocycles. The Morgan fingerprint density at radius 3 is 2.58 bits per heavy atom. The lowest BCUT2D eigenvalue weighted by molar-refractivity contribution is 0.213. The van der Waals surface area contributed by atoms with Crippen molar-refractivity contribution in [2.75, 3.05) is 6.61 Å². The van der Waals surface area contributed by atoms with E-state index in [0.717, 1.165) is 32.2 Å². The van der Waals surface area contributed by atoms with E-state index in [4.69, 9.17) is 4.74 Å². The molecular formula is C15H12Br2O2. The largest absolute Gasteiger partial charge is 0.493 e. The lowest BCUT2D eigenvalue weighted by Crippen LogP contribution is -2.02. The Kier molecular flexibility index (Phi) is 3.65. The molecule has 2 nitrogen and oxygen atoms in total. The Morgan fingerprint density at radius 2 is 1.84 bits per heavy atom. The topological polar surface area (TPSA) is 29.5 Å². The molecule has 0 aliphatic carbocycles. The summed E-state index contributed by atoms with van der Waals surface area (Å²) in [5.41, 5.74) is 2.84. The summed E-state index contributed by atoms with van der Waals surface area (Å²) in [5.74, 6) is 0.839. The zero-order chi connectivity index (χ0) is 13.4. The second kappa shape index (κ2) is 5.27. The van der Waals surface area contributed by atoms with Crippen LogP contribution in [0.15, 0.2) is 45.3 Å². The van der Waals surface area contributed by atoms with E-state index in [1.54, 1.807) is 0 Å². The monoisotopic (exact) mass is 382 g/mol. The maximum Gasteiger partial charge on any atom is 0.128 e. The highest BCUT2D eigenvalue weighted by molar-refractivity contribution is 9.11. The molecule has 4 heteroatoms. The van der Waals surface area contributed by atoms with Crippen molar-refractivity contribution in [3.63, 3.8) is 0 Å². The molecule has 1 heterocycles. The number of para-hydroxylation sites is 1. The molecule has 1 unspecified atom stereocenters. The molecule has 0 bridgehead atoms. The normalized spacial score (nSPS) is 14.9. The average molecular weight is 384 g/mol. The van der Waals surface area contributed by atoms with Gasteiger partial charge in [0.1, 0.15) is 11.9 Å². The molecule has 0 saturated heterocycles. The fourth-order valence-electron chi connectivity index (χ4n) is 2.37. The second-order valence-electron chi connectivity index (χ2n) is 4.54. The Bertz CT molecular complexity index is 605. The third kappa shape index (κ3) is 2.57. The number of fused-ring (bicyclic) bond motifs is 1. The van der Waals surface area contributed by atoms with Crippen molar-refractivity contribution in [3.8, 4) is 5.75 Å². The van der Waals surface area contributed by atoms with E-state index in [-0.39, 0.29) is 0 Å². The molecular weight excluding hydrogens is 372 g/mol. The summed E-state index contributed by atoms with van der Waals surface area (Å²) < 4.78 is 7.52. The smallest absolute Gasteiger partial charge is 0.128 e. The Morgan fingerprint density at radius 1 is 1.11 bits per heavy atom. The van der Waals surface area contributed by atoms with Crippen LogP contribution < -0.4 is 4.74 Å². The third-order valence-electron chi connectivity index (χ3n) is 3.24. The number of hydrogen-bond donors (Lipinski definition) is 1. The van der Waals surface area contributed by atoms with E-state index in [0.29, 0.717) is 6.61 Å². The predicted octanol–water partition coefficient (Wildman–Crippen LogP) is 4.23. The number of halogens is 2. The Hall–Kier alpha value is -0.840. The van der Waals surface area contributed by atoms with Crippen LogP contribution in [0.2, 0.25) is 0 Å². The van der Waals surface area contributed by atoms with Crippen LogP contribution in [0, 0.1) is 0 Å². The van der Waals surface area contributed by atoms with Gasteiger partial charge in [-0.05, 0) is 29.3 Å². The summed E-state index contributed by atoms with van der Waals surface area (Å²) in [6.07, 6.45) is 0.236. The first-order valence-corrected chi connectivity index (χ1v) is 7.62.